The van der Waals surface area contributed by atoms with Crippen LogP contribution in [0.5, 0.6) is 0 Å². The lowest BCUT2D eigenvalue weighted by molar-refractivity contribution is -0.138. The first-order chi connectivity index (χ1) is 17.6. The minimum atomic E-state index is -4.54. The van der Waals surface area contributed by atoms with Crippen molar-refractivity contribution in [1.29, 1.82) is 0 Å². The monoisotopic (exact) mass is 548 g/mol. The average Bonchev–Trinajstić information content (AvgIpc) is 3.51. The number of carbonyl (C=O) groups is 2. The molecule has 37 heavy (non-hydrogen) atoms. The standard InChI is InChI=1S/C26H24ClF3N4O2S/c1-32-9-2-3-20(32)8-10-33-24(35)23(37-25(33)36)12-16-4-7-22-18(11-16)14-31-34(22)15-17-5-6-19(27)13-21(17)26(28,29)30/h4-7,11-14,20H,2-3,8-10,15H2,1H3/b23-12-. The Morgan fingerprint density at radius 1 is 1.19 bits per heavy atom. The van der Waals surface area contributed by atoms with Crippen LogP contribution in [0, 0.1) is 0 Å². The summed E-state index contributed by atoms with van der Waals surface area (Å²) >= 11 is 6.71. The number of halogens is 4. The number of aromatic nitrogens is 2. The third-order valence-corrected chi connectivity index (χ3v) is 8.03. The first-order valence-corrected chi connectivity index (χ1v) is 13.1. The van der Waals surface area contributed by atoms with E-state index in [0.717, 1.165) is 43.6 Å². The van der Waals surface area contributed by atoms with Crippen LogP contribution >= 0.6 is 23.4 Å². The maximum absolute atomic E-state index is 13.5. The van der Waals surface area contributed by atoms with Gasteiger partial charge >= 0.3 is 6.18 Å². The van der Waals surface area contributed by atoms with E-state index >= 15 is 0 Å². The number of imide groups is 1. The second kappa shape index (κ2) is 10.2. The van der Waals surface area contributed by atoms with Gasteiger partial charge in [0.1, 0.15) is 0 Å². The molecule has 2 aliphatic rings. The fraction of sp³-hybridized carbons (Fsp3) is 0.346. The topological polar surface area (TPSA) is 58.4 Å². The zero-order chi connectivity index (χ0) is 26.3. The van der Waals surface area contributed by atoms with E-state index in [2.05, 4.69) is 17.0 Å². The Morgan fingerprint density at radius 2 is 2.00 bits per heavy atom. The number of amides is 2. The number of likely N-dealkylation sites (tertiary alicyclic amines) is 1. The van der Waals surface area contributed by atoms with Gasteiger partial charge in [0.05, 0.1) is 28.7 Å². The minimum absolute atomic E-state index is 0.0151. The van der Waals surface area contributed by atoms with Gasteiger partial charge in [-0.1, -0.05) is 23.7 Å². The summed E-state index contributed by atoms with van der Waals surface area (Å²) in [5.41, 5.74) is 0.614. The average molecular weight is 549 g/mol. The molecule has 0 radical (unpaired) electrons. The summed E-state index contributed by atoms with van der Waals surface area (Å²) in [7, 11) is 2.06. The maximum atomic E-state index is 13.5. The molecule has 3 aromatic rings. The molecule has 194 valence electrons. The summed E-state index contributed by atoms with van der Waals surface area (Å²) in [6, 6.07) is 9.39. The highest BCUT2D eigenvalue weighted by Gasteiger charge is 2.36. The summed E-state index contributed by atoms with van der Waals surface area (Å²) in [5.74, 6) is -0.297. The van der Waals surface area contributed by atoms with E-state index in [4.69, 9.17) is 11.6 Å². The van der Waals surface area contributed by atoms with Crippen LogP contribution in [0.3, 0.4) is 0 Å². The van der Waals surface area contributed by atoms with E-state index in [0.29, 0.717) is 34.0 Å². The van der Waals surface area contributed by atoms with Crippen molar-refractivity contribution in [3.63, 3.8) is 0 Å². The molecule has 2 aliphatic heterocycles. The molecular formula is C26H24ClF3N4O2S. The molecular weight excluding hydrogens is 525 g/mol. The van der Waals surface area contributed by atoms with E-state index in [1.807, 2.05) is 0 Å². The number of fused-ring (bicyclic) bond motifs is 1. The number of hydrogen-bond donors (Lipinski definition) is 0. The molecule has 3 heterocycles. The molecule has 0 N–H and O–H groups in total. The van der Waals surface area contributed by atoms with Crippen molar-refractivity contribution in [2.24, 2.45) is 0 Å². The Hall–Kier alpha value is -2.82. The minimum Gasteiger partial charge on any atom is -0.303 e. The van der Waals surface area contributed by atoms with Gasteiger partial charge in [-0.2, -0.15) is 18.3 Å². The fourth-order valence-electron chi connectivity index (χ4n) is 4.90. The molecule has 6 nitrogen and oxygen atoms in total. The predicted molar refractivity (Wildman–Crippen MR) is 138 cm³/mol. The number of nitrogens with zero attached hydrogens (tertiary/aromatic N) is 4. The Labute approximate surface area is 221 Å². The van der Waals surface area contributed by atoms with Crippen molar-refractivity contribution in [1.82, 2.24) is 19.6 Å². The quantitative estimate of drug-likeness (QED) is 0.339. The van der Waals surface area contributed by atoms with Gasteiger partial charge in [-0.05, 0) is 86.1 Å². The Kier molecular flexibility index (Phi) is 7.08. The highest BCUT2D eigenvalue weighted by atomic mass is 35.5. The summed E-state index contributed by atoms with van der Waals surface area (Å²) in [6.07, 6.45) is 1.67. The van der Waals surface area contributed by atoms with E-state index in [9.17, 15) is 22.8 Å². The number of carbonyl (C=O) groups excluding carboxylic acids is 2. The zero-order valence-corrected chi connectivity index (χ0v) is 21.5. The Balaban J connectivity index is 1.33. The smallest absolute Gasteiger partial charge is 0.303 e. The van der Waals surface area contributed by atoms with Crippen molar-refractivity contribution in [2.45, 2.75) is 38.0 Å². The van der Waals surface area contributed by atoms with Crippen LogP contribution in [0.4, 0.5) is 18.0 Å². The van der Waals surface area contributed by atoms with Crippen molar-refractivity contribution in [3.8, 4) is 0 Å². The molecule has 2 amide bonds. The Bertz CT molecular complexity index is 1400. The number of benzene rings is 2. The first-order valence-electron chi connectivity index (χ1n) is 11.9. The molecule has 2 aromatic carbocycles. The highest BCUT2D eigenvalue weighted by molar-refractivity contribution is 8.18. The maximum Gasteiger partial charge on any atom is 0.416 e. The second-order valence-corrected chi connectivity index (χ2v) is 10.7. The van der Waals surface area contributed by atoms with Crippen LogP contribution in [0.1, 0.15) is 36.0 Å². The molecule has 2 fully saturated rings. The Morgan fingerprint density at radius 3 is 2.73 bits per heavy atom. The lowest BCUT2D eigenvalue weighted by atomic mass is 10.1. The van der Waals surface area contributed by atoms with E-state index < -0.39 is 11.7 Å². The van der Waals surface area contributed by atoms with Gasteiger partial charge in [-0.3, -0.25) is 19.2 Å². The van der Waals surface area contributed by atoms with Crippen molar-refractivity contribution < 1.29 is 22.8 Å². The molecule has 0 aliphatic carbocycles. The van der Waals surface area contributed by atoms with Gasteiger partial charge in [-0.15, -0.1) is 0 Å². The fourth-order valence-corrected chi connectivity index (χ4v) is 5.94. The zero-order valence-electron chi connectivity index (χ0n) is 20.0. The van der Waals surface area contributed by atoms with E-state index in [1.165, 1.54) is 21.7 Å². The van der Waals surface area contributed by atoms with Gasteiger partial charge in [0, 0.05) is 23.0 Å². The molecule has 11 heteroatoms. The van der Waals surface area contributed by atoms with Gasteiger partial charge < -0.3 is 4.90 Å². The molecule has 1 aromatic heterocycles. The first kappa shape index (κ1) is 25.8. The van der Waals surface area contributed by atoms with Crippen molar-refractivity contribution in [3.05, 3.63) is 69.2 Å². The molecule has 1 atom stereocenters. The molecule has 0 bridgehead atoms. The van der Waals surface area contributed by atoms with Crippen LogP contribution in [0.15, 0.2) is 47.5 Å². The lowest BCUT2D eigenvalue weighted by Gasteiger charge is -2.21. The van der Waals surface area contributed by atoms with Gasteiger partial charge in [0.2, 0.25) is 0 Å². The number of hydrogen-bond acceptors (Lipinski definition) is 5. The van der Waals surface area contributed by atoms with Crippen LogP contribution in [-0.4, -0.2) is 56.9 Å². The number of rotatable bonds is 6. The SMILES string of the molecule is CN1CCCC1CCN1C(=O)S/C(=C\c2ccc3c(cnn3Cc3ccc(Cl)cc3C(F)(F)F)c2)C1=O. The molecule has 5 rings (SSSR count). The lowest BCUT2D eigenvalue weighted by Crippen LogP contribution is -2.34. The summed E-state index contributed by atoms with van der Waals surface area (Å²) in [4.78, 5) is 29.3. The normalized spacial score (nSPS) is 20.2. The third-order valence-electron chi connectivity index (χ3n) is 6.89. The largest absolute Gasteiger partial charge is 0.416 e. The van der Waals surface area contributed by atoms with E-state index in [1.54, 1.807) is 30.5 Å². The van der Waals surface area contributed by atoms with Gasteiger partial charge in [-0.25, -0.2) is 0 Å². The predicted octanol–water partition coefficient (Wildman–Crippen LogP) is 6.28. The van der Waals surface area contributed by atoms with Crippen LogP contribution < -0.4 is 0 Å². The second-order valence-electron chi connectivity index (χ2n) is 9.32. The summed E-state index contributed by atoms with van der Waals surface area (Å²) in [5, 5.41) is 4.73. The van der Waals surface area contributed by atoms with Crippen LogP contribution in [0.25, 0.3) is 17.0 Å². The number of alkyl halides is 3. The van der Waals surface area contributed by atoms with Crippen LogP contribution in [0.2, 0.25) is 5.02 Å². The van der Waals surface area contributed by atoms with E-state index in [-0.39, 0.29) is 28.3 Å². The molecule has 1 unspecified atom stereocenters. The van der Waals surface area contributed by atoms with Gasteiger partial charge in [0.15, 0.2) is 0 Å². The number of thioether (sulfide) groups is 1. The van der Waals surface area contributed by atoms with Crippen LogP contribution in [-0.2, 0) is 17.5 Å². The van der Waals surface area contributed by atoms with Crippen molar-refractivity contribution in [2.75, 3.05) is 20.1 Å². The third kappa shape index (κ3) is 5.42. The summed E-state index contributed by atoms with van der Waals surface area (Å²) in [6.45, 7) is 1.35. The highest BCUT2D eigenvalue weighted by Crippen LogP contribution is 2.35. The molecule has 0 saturated carbocycles. The summed E-state index contributed by atoms with van der Waals surface area (Å²) < 4.78 is 42.0. The van der Waals surface area contributed by atoms with Gasteiger partial charge in [0.25, 0.3) is 11.1 Å². The molecule has 0 spiro atoms. The molecule has 2 saturated heterocycles. The van der Waals surface area contributed by atoms with Crippen molar-refractivity contribution >= 4 is 51.5 Å².